The van der Waals surface area contributed by atoms with Crippen molar-refractivity contribution in [3.63, 3.8) is 0 Å². The molecule has 0 radical (unpaired) electrons. The van der Waals surface area contributed by atoms with Crippen molar-refractivity contribution >= 4 is 23.7 Å². The van der Waals surface area contributed by atoms with E-state index in [2.05, 4.69) is 20.9 Å². The van der Waals surface area contributed by atoms with Crippen LogP contribution in [0.15, 0.2) is 94.9 Å². The Hall–Kier alpha value is -4.86. The highest BCUT2D eigenvalue weighted by molar-refractivity contribution is 5.94. The van der Waals surface area contributed by atoms with Gasteiger partial charge in [-0.15, -0.1) is 0 Å². The van der Waals surface area contributed by atoms with Crippen molar-refractivity contribution in [2.75, 3.05) is 13.2 Å². The second-order valence-electron chi connectivity index (χ2n) is 10.1. The lowest BCUT2D eigenvalue weighted by Gasteiger charge is -2.23. The summed E-state index contributed by atoms with van der Waals surface area (Å²) in [5.74, 6) is -0.783. The number of nitrogens with one attached hydrogen (secondary N) is 3. The van der Waals surface area contributed by atoms with Gasteiger partial charge in [0.15, 0.2) is 0 Å². The summed E-state index contributed by atoms with van der Waals surface area (Å²) in [6, 6.07) is 21.7. The van der Waals surface area contributed by atoms with Gasteiger partial charge in [0.1, 0.15) is 6.04 Å². The van der Waals surface area contributed by atoms with Crippen molar-refractivity contribution in [1.29, 1.82) is 0 Å². The van der Waals surface area contributed by atoms with Crippen LogP contribution in [0.5, 0.6) is 0 Å². The predicted octanol–water partition coefficient (Wildman–Crippen LogP) is 4.77. The first-order chi connectivity index (χ1) is 20.7. The first-order valence-electron chi connectivity index (χ1n) is 14.5. The lowest BCUT2D eigenvalue weighted by molar-refractivity contribution is -0.139. The van der Waals surface area contributed by atoms with Crippen LogP contribution in [0.4, 0.5) is 4.79 Å². The molecule has 10 heteroatoms. The van der Waals surface area contributed by atoms with E-state index in [9.17, 15) is 19.5 Å². The van der Waals surface area contributed by atoms with Gasteiger partial charge < -0.3 is 25.0 Å². The number of allylic oxidation sites excluding steroid dienone is 1. The molecule has 0 aliphatic carbocycles. The Kier molecular flexibility index (Phi) is 12.6. The normalized spacial score (nSPS) is 12.6. The number of guanidine groups is 1. The van der Waals surface area contributed by atoms with Crippen LogP contribution >= 0.6 is 0 Å². The van der Waals surface area contributed by atoms with Gasteiger partial charge in [-0.1, -0.05) is 66.7 Å². The van der Waals surface area contributed by atoms with E-state index >= 15 is 0 Å². The van der Waals surface area contributed by atoms with Crippen molar-refractivity contribution in [2.24, 2.45) is 4.99 Å². The molecule has 43 heavy (non-hydrogen) atoms. The number of aromatic nitrogens is 1. The number of pyridine rings is 1. The van der Waals surface area contributed by atoms with E-state index in [0.29, 0.717) is 17.7 Å². The number of nitrogens with zero attached hydrogens (tertiary/aromatic N) is 2. The third-order valence-electron chi connectivity index (χ3n) is 6.53. The summed E-state index contributed by atoms with van der Waals surface area (Å²) in [6.07, 6.45) is 3.50. The summed E-state index contributed by atoms with van der Waals surface area (Å²) in [5, 5.41) is 18.7. The highest BCUT2D eigenvalue weighted by Gasteiger charge is 2.22. The molecule has 0 aliphatic rings. The monoisotopic (exact) mass is 587 g/mol. The average molecular weight is 588 g/mol. The molecule has 228 valence electrons. The molecule has 0 unspecified atom stereocenters. The van der Waals surface area contributed by atoms with E-state index in [4.69, 9.17) is 4.74 Å². The smallest absolute Gasteiger partial charge is 0.413 e. The molecule has 0 saturated heterocycles. The molecule has 1 aromatic heterocycles. The highest BCUT2D eigenvalue weighted by atomic mass is 16.5. The summed E-state index contributed by atoms with van der Waals surface area (Å²) in [4.78, 5) is 42.4. The van der Waals surface area contributed by atoms with Crippen LogP contribution in [0.2, 0.25) is 0 Å². The molecular weight excluding hydrogens is 546 g/mol. The summed E-state index contributed by atoms with van der Waals surface area (Å²) in [7, 11) is 0. The number of hydrogen-bond acceptors (Lipinski definition) is 6. The summed E-state index contributed by atoms with van der Waals surface area (Å²) < 4.78 is 6.59. The Bertz CT molecular complexity index is 1410. The number of ether oxygens (including phenoxy) is 1. The molecule has 3 aromatic rings. The Morgan fingerprint density at radius 2 is 1.60 bits per heavy atom. The molecule has 10 nitrogen and oxygen atoms in total. The van der Waals surface area contributed by atoms with Crippen LogP contribution in [-0.4, -0.2) is 52.9 Å². The zero-order valence-electron chi connectivity index (χ0n) is 25.1. The Balaban J connectivity index is 1.81. The maximum Gasteiger partial charge on any atom is 0.413 e. The number of alkyl carbamates (subject to hydrolysis) is 1. The molecule has 1 heterocycles. The Morgan fingerprint density at radius 1 is 0.977 bits per heavy atom. The van der Waals surface area contributed by atoms with Crippen LogP contribution in [0.1, 0.15) is 63.3 Å². The topological polar surface area (TPSA) is 134 Å². The van der Waals surface area contributed by atoms with Gasteiger partial charge in [0.05, 0.1) is 18.2 Å². The van der Waals surface area contributed by atoms with E-state index in [0.717, 1.165) is 11.1 Å². The molecular formula is C33H41N5O5. The summed E-state index contributed by atoms with van der Waals surface area (Å²) >= 11 is 0. The van der Waals surface area contributed by atoms with Crippen LogP contribution in [0, 0.1) is 0 Å². The quantitative estimate of drug-likeness (QED) is 0.129. The number of rotatable bonds is 13. The number of carboxylic acid groups (broad SMARTS) is 1. The minimum Gasteiger partial charge on any atom is -0.480 e. The van der Waals surface area contributed by atoms with E-state index in [1.807, 2.05) is 74.5 Å². The second kappa shape index (κ2) is 16.5. The molecule has 0 saturated carbocycles. The molecule has 0 bridgehead atoms. The highest BCUT2D eigenvalue weighted by Crippen LogP contribution is 2.25. The predicted molar refractivity (Wildman–Crippen MR) is 169 cm³/mol. The van der Waals surface area contributed by atoms with Crippen molar-refractivity contribution in [2.45, 2.75) is 58.7 Å². The van der Waals surface area contributed by atoms with Gasteiger partial charge >= 0.3 is 12.1 Å². The van der Waals surface area contributed by atoms with E-state index in [-0.39, 0.29) is 43.2 Å². The zero-order valence-corrected chi connectivity index (χ0v) is 25.1. The third kappa shape index (κ3) is 9.59. The fraction of sp³-hybridized carbons (Fsp3) is 0.333. The maximum absolute atomic E-state index is 13.9. The first-order valence-corrected chi connectivity index (χ1v) is 14.5. The number of carbonyl (C=O) groups excluding carboxylic acids is 1. The van der Waals surface area contributed by atoms with Gasteiger partial charge in [0.25, 0.3) is 5.56 Å². The number of benzene rings is 2. The minimum atomic E-state index is -1.05. The zero-order chi connectivity index (χ0) is 31.2. The van der Waals surface area contributed by atoms with Gasteiger partial charge in [0.2, 0.25) is 5.96 Å². The number of aliphatic imine (C=N–C) groups is 1. The van der Waals surface area contributed by atoms with Crippen molar-refractivity contribution < 1.29 is 19.4 Å². The molecule has 1 amide bonds. The average Bonchev–Trinajstić information content (AvgIpc) is 2.99. The van der Waals surface area contributed by atoms with Gasteiger partial charge in [-0.2, -0.15) is 0 Å². The molecule has 1 atom stereocenters. The second-order valence-corrected chi connectivity index (χ2v) is 10.1. The lowest BCUT2D eigenvalue weighted by Crippen LogP contribution is -2.44. The summed E-state index contributed by atoms with van der Waals surface area (Å²) in [6.45, 7) is 7.78. The van der Waals surface area contributed by atoms with E-state index < -0.39 is 18.1 Å². The number of carboxylic acids is 1. The van der Waals surface area contributed by atoms with Crippen LogP contribution < -0.4 is 21.5 Å². The molecule has 4 N–H and O–H groups in total. The summed E-state index contributed by atoms with van der Waals surface area (Å²) in [5.41, 5.74) is 2.46. The van der Waals surface area contributed by atoms with Gasteiger partial charge in [0, 0.05) is 24.5 Å². The number of carbonyl (C=O) groups is 2. The van der Waals surface area contributed by atoms with E-state index in [1.54, 1.807) is 42.8 Å². The largest absolute Gasteiger partial charge is 0.480 e. The number of aliphatic carboxylic acids is 1. The maximum atomic E-state index is 13.9. The molecule has 2 aromatic carbocycles. The lowest BCUT2D eigenvalue weighted by atomic mass is 9.98. The fourth-order valence-corrected chi connectivity index (χ4v) is 4.61. The SMILES string of the molecule is C/C=C(\N[C@@H](CCCN=C(NC(=O)OCC)NC(C)C)C(=O)O)c1cccn(C(c2ccccc2)c2ccccc2)c1=O. The third-order valence-corrected chi connectivity index (χ3v) is 6.53. The Morgan fingerprint density at radius 3 is 2.14 bits per heavy atom. The van der Waals surface area contributed by atoms with Crippen molar-refractivity contribution in [3.05, 3.63) is 112 Å². The van der Waals surface area contributed by atoms with E-state index in [1.165, 1.54) is 0 Å². The number of amides is 1. The fourth-order valence-electron chi connectivity index (χ4n) is 4.61. The molecule has 0 aliphatic heterocycles. The van der Waals surface area contributed by atoms with Gasteiger partial charge in [-0.3, -0.25) is 15.1 Å². The van der Waals surface area contributed by atoms with Crippen LogP contribution in [0.25, 0.3) is 5.70 Å². The number of hydrogen-bond donors (Lipinski definition) is 4. The Labute approximate surface area is 252 Å². The molecule has 0 spiro atoms. The van der Waals surface area contributed by atoms with Crippen LogP contribution in [0.3, 0.4) is 0 Å². The molecule has 0 fully saturated rings. The standard InChI is InChI=1S/C33H41N5O5/c1-5-27(36-28(31(40)41)20-13-21-34-32(35-23(3)4)37-33(42)43-6-2)26-19-14-22-38(30(26)39)29(24-15-9-7-10-16-24)25-17-11-8-12-18-25/h5,7-12,14-19,22-23,28-29,36H,6,13,20-21H2,1-4H3,(H,40,41)(H2,34,35,37,42)/b27-5-/t28-/m0/s1. The van der Waals surface area contributed by atoms with Gasteiger partial charge in [-0.05, 0) is 63.8 Å². The first kappa shape index (κ1) is 32.7. The minimum absolute atomic E-state index is 0.0182. The van der Waals surface area contributed by atoms with Gasteiger partial charge in [-0.25, -0.2) is 9.59 Å². The van der Waals surface area contributed by atoms with Crippen molar-refractivity contribution in [3.8, 4) is 0 Å². The molecule has 3 rings (SSSR count). The van der Waals surface area contributed by atoms with Crippen molar-refractivity contribution in [1.82, 2.24) is 20.5 Å². The van der Waals surface area contributed by atoms with Crippen LogP contribution in [-0.2, 0) is 9.53 Å².